The highest BCUT2D eigenvalue weighted by molar-refractivity contribution is 7.15. The van der Waals surface area contributed by atoms with Gasteiger partial charge in [-0.3, -0.25) is 14.9 Å². The summed E-state index contributed by atoms with van der Waals surface area (Å²) in [5.74, 6) is 0.380. The van der Waals surface area contributed by atoms with Gasteiger partial charge in [0.25, 0.3) is 0 Å². The molecule has 3 heterocycles. The topological polar surface area (TPSA) is 92.9 Å². The number of fused-ring (bicyclic) bond motifs is 1. The van der Waals surface area contributed by atoms with Crippen LogP contribution in [0.2, 0.25) is 0 Å². The van der Waals surface area contributed by atoms with Gasteiger partial charge in [0.1, 0.15) is 17.5 Å². The first-order chi connectivity index (χ1) is 10.3. The number of nitrogens with zero attached hydrogens (tertiary/aromatic N) is 2. The van der Waals surface area contributed by atoms with Gasteiger partial charge in [-0.15, -0.1) is 0 Å². The number of hydrogen-bond acceptors (Lipinski definition) is 6. The first-order valence-electron chi connectivity index (χ1n) is 7.26. The molecule has 0 aliphatic carbocycles. The number of rotatable bonds is 2. The smallest absolute Gasteiger partial charge is 0.328 e. The average molecular weight is 326 g/mol. The largest absolute Gasteiger partial charge is 0.484 e. The molecule has 8 heteroatoms. The zero-order valence-corrected chi connectivity index (χ0v) is 13.3. The maximum atomic E-state index is 12.2. The molecule has 7 nitrogen and oxygen atoms in total. The molecule has 0 unspecified atom stereocenters. The third-order valence-electron chi connectivity index (χ3n) is 4.24. The van der Waals surface area contributed by atoms with E-state index in [4.69, 9.17) is 4.74 Å². The molecule has 0 saturated carbocycles. The maximum absolute atomic E-state index is 12.2. The Bertz CT molecular complexity index is 627. The van der Waals surface area contributed by atoms with Crippen LogP contribution in [-0.4, -0.2) is 39.1 Å². The lowest BCUT2D eigenvalue weighted by molar-refractivity contribution is -0.380. The van der Waals surface area contributed by atoms with Crippen molar-refractivity contribution in [1.29, 1.82) is 0 Å². The Kier molecular flexibility index (Phi) is 3.60. The summed E-state index contributed by atoms with van der Waals surface area (Å²) in [5.41, 5.74) is -0.912. The van der Waals surface area contributed by atoms with Crippen molar-refractivity contribution in [1.82, 2.24) is 4.90 Å². The molecule has 1 N–H and O–H groups in total. The van der Waals surface area contributed by atoms with Gasteiger partial charge in [0, 0.05) is 13.0 Å². The standard InChI is InChI=1S/C14H18N2O5S/c1-14(2)13(18)11(15-6-4-3-5-9(15)17)12-8(21-14)7-10(22-12)16(19)20/h7,11,13,18H,3-6H2,1-2H3/t11-,13+/m1/s1. The molecule has 120 valence electrons. The van der Waals surface area contributed by atoms with E-state index in [1.54, 1.807) is 18.7 Å². The molecule has 2 aliphatic rings. The molecule has 3 rings (SSSR count). The molecule has 1 fully saturated rings. The van der Waals surface area contributed by atoms with Crippen LogP contribution in [0.5, 0.6) is 5.75 Å². The third-order valence-corrected chi connectivity index (χ3v) is 5.38. The Labute approximate surface area is 131 Å². The number of carbonyl (C=O) groups is 1. The highest BCUT2D eigenvalue weighted by atomic mass is 32.1. The molecule has 1 saturated heterocycles. The highest BCUT2D eigenvalue weighted by Gasteiger charge is 2.48. The number of amides is 1. The van der Waals surface area contributed by atoms with Crippen LogP contribution in [0.1, 0.15) is 44.0 Å². The molecule has 0 spiro atoms. The number of aliphatic hydroxyl groups is 1. The van der Waals surface area contributed by atoms with Gasteiger partial charge in [-0.1, -0.05) is 11.3 Å². The van der Waals surface area contributed by atoms with E-state index in [1.165, 1.54) is 6.07 Å². The Balaban J connectivity index is 2.07. The Morgan fingerprint density at radius 2 is 2.23 bits per heavy atom. The maximum Gasteiger partial charge on any atom is 0.328 e. The molecule has 0 bridgehead atoms. The molecule has 1 amide bonds. The first kappa shape index (κ1) is 15.2. The van der Waals surface area contributed by atoms with Crippen molar-refractivity contribution in [3.63, 3.8) is 0 Å². The number of piperidine rings is 1. The van der Waals surface area contributed by atoms with Crippen molar-refractivity contribution in [2.75, 3.05) is 6.54 Å². The summed E-state index contributed by atoms with van der Waals surface area (Å²) in [6.45, 7) is 4.01. The number of ether oxygens (including phenoxy) is 1. The van der Waals surface area contributed by atoms with Crippen LogP contribution >= 0.6 is 11.3 Å². The van der Waals surface area contributed by atoms with E-state index < -0.39 is 22.7 Å². The number of hydrogen-bond donors (Lipinski definition) is 1. The van der Waals surface area contributed by atoms with Gasteiger partial charge in [0.15, 0.2) is 0 Å². The van der Waals surface area contributed by atoms with Crippen LogP contribution in [0.15, 0.2) is 6.07 Å². The number of carbonyl (C=O) groups excluding carboxylic acids is 1. The average Bonchev–Trinajstić information content (AvgIpc) is 2.84. The van der Waals surface area contributed by atoms with E-state index in [0.717, 1.165) is 24.2 Å². The summed E-state index contributed by atoms with van der Waals surface area (Å²) >= 11 is 0.974. The molecule has 2 atom stereocenters. The SMILES string of the molecule is CC1(C)Oc2cc([N+](=O)[O-])sc2[C@@H](N2CCCCC2=O)[C@@H]1O. The van der Waals surface area contributed by atoms with Gasteiger partial charge in [-0.2, -0.15) is 0 Å². The van der Waals surface area contributed by atoms with Crippen molar-refractivity contribution in [3.8, 4) is 5.75 Å². The molecule has 1 aromatic rings. The number of aliphatic hydroxyl groups excluding tert-OH is 1. The second-order valence-electron chi connectivity index (χ2n) is 6.21. The molecular weight excluding hydrogens is 308 g/mol. The van der Waals surface area contributed by atoms with E-state index in [2.05, 4.69) is 0 Å². The van der Waals surface area contributed by atoms with Gasteiger partial charge in [0.2, 0.25) is 5.91 Å². The van der Waals surface area contributed by atoms with Gasteiger partial charge in [0.05, 0.1) is 21.9 Å². The van der Waals surface area contributed by atoms with Gasteiger partial charge in [-0.25, -0.2) is 0 Å². The van der Waals surface area contributed by atoms with Crippen LogP contribution in [-0.2, 0) is 4.79 Å². The molecule has 0 aromatic carbocycles. The highest BCUT2D eigenvalue weighted by Crippen LogP contribution is 2.49. The number of nitro groups is 1. The second kappa shape index (κ2) is 5.20. The van der Waals surface area contributed by atoms with Crippen molar-refractivity contribution in [2.45, 2.75) is 50.9 Å². The van der Waals surface area contributed by atoms with Crippen molar-refractivity contribution >= 4 is 22.2 Å². The van der Waals surface area contributed by atoms with E-state index in [9.17, 15) is 20.0 Å². The quantitative estimate of drug-likeness (QED) is 0.664. The minimum absolute atomic E-state index is 0.0185. The van der Waals surface area contributed by atoms with Gasteiger partial charge < -0.3 is 14.7 Å². The predicted molar refractivity (Wildman–Crippen MR) is 80.0 cm³/mol. The minimum Gasteiger partial charge on any atom is -0.484 e. The van der Waals surface area contributed by atoms with Crippen LogP contribution in [0.25, 0.3) is 0 Å². The molecule has 0 radical (unpaired) electrons. The Morgan fingerprint density at radius 3 is 2.86 bits per heavy atom. The van der Waals surface area contributed by atoms with Gasteiger partial charge in [-0.05, 0) is 26.7 Å². The van der Waals surface area contributed by atoms with Crippen LogP contribution in [0.3, 0.4) is 0 Å². The summed E-state index contributed by atoms with van der Waals surface area (Å²) in [7, 11) is 0. The Hall–Kier alpha value is -1.67. The summed E-state index contributed by atoms with van der Waals surface area (Å²) in [5, 5.41) is 21.7. The number of thiophene rings is 1. The predicted octanol–water partition coefficient (Wildman–Crippen LogP) is 2.24. The number of likely N-dealkylation sites (tertiary alicyclic amines) is 1. The van der Waals surface area contributed by atoms with E-state index >= 15 is 0 Å². The summed E-state index contributed by atoms with van der Waals surface area (Å²) in [6.07, 6.45) is 1.24. The molecule has 2 aliphatic heterocycles. The van der Waals surface area contributed by atoms with E-state index in [1.807, 2.05) is 0 Å². The minimum atomic E-state index is -0.930. The lowest BCUT2D eigenvalue weighted by Crippen LogP contribution is -2.55. The Morgan fingerprint density at radius 1 is 1.50 bits per heavy atom. The van der Waals surface area contributed by atoms with Crippen molar-refractivity contribution in [2.24, 2.45) is 0 Å². The molecule has 22 heavy (non-hydrogen) atoms. The summed E-state index contributed by atoms with van der Waals surface area (Å²) in [4.78, 5) is 25.0. The summed E-state index contributed by atoms with van der Waals surface area (Å²) in [6, 6.07) is 0.806. The van der Waals surface area contributed by atoms with Crippen LogP contribution in [0.4, 0.5) is 5.00 Å². The van der Waals surface area contributed by atoms with Crippen LogP contribution < -0.4 is 4.74 Å². The first-order valence-corrected chi connectivity index (χ1v) is 8.07. The van der Waals surface area contributed by atoms with Crippen LogP contribution in [0, 0.1) is 10.1 Å². The fourth-order valence-electron chi connectivity index (χ4n) is 3.05. The van der Waals surface area contributed by atoms with Gasteiger partial charge >= 0.3 is 5.00 Å². The fraction of sp³-hybridized carbons (Fsp3) is 0.643. The van der Waals surface area contributed by atoms with Crippen molar-refractivity contribution < 1.29 is 19.6 Å². The van der Waals surface area contributed by atoms with Crippen molar-refractivity contribution in [3.05, 3.63) is 21.1 Å². The lowest BCUT2D eigenvalue weighted by atomic mass is 9.88. The summed E-state index contributed by atoms with van der Waals surface area (Å²) < 4.78 is 5.74. The molecular formula is C14H18N2O5S. The second-order valence-corrected chi connectivity index (χ2v) is 7.27. The third kappa shape index (κ3) is 2.36. The fourth-order valence-corrected chi connectivity index (χ4v) is 4.10. The zero-order valence-electron chi connectivity index (χ0n) is 12.4. The normalized spacial score (nSPS) is 27.2. The lowest BCUT2D eigenvalue weighted by Gasteiger charge is -2.45. The monoisotopic (exact) mass is 326 g/mol. The zero-order chi connectivity index (χ0) is 16.1. The van der Waals surface area contributed by atoms with E-state index in [-0.39, 0.29) is 10.9 Å². The van der Waals surface area contributed by atoms with E-state index in [0.29, 0.717) is 23.6 Å². The molecule has 1 aromatic heterocycles.